The fourth-order valence-corrected chi connectivity index (χ4v) is 1.31. The van der Waals surface area contributed by atoms with E-state index in [1.807, 2.05) is 0 Å². The van der Waals surface area contributed by atoms with Gasteiger partial charge in [-0.2, -0.15) is 0 Å². The molecule has 0 aliphatic carbocycles. The molecule has 0 aromatic carbocycles. The van der Waals surface area contributed by atoms with E-state index < -0.39 is 17.5 Å². The van der Waals surface area contributed by atoms with Crippen LogP contribution in [0.25, 0.3) is 0 Å². The lowest BCUT2D eigenvalue weighted by Gasteiger charge is -2.26. The van der Waals surface area contributed by atoms with Crippen molar-refractivity contribution >= 4 is 12.1 Å². The number of nitrogens with one attached hydrogen (secondary N) is 1. The van der Waals surface area contributed by atoms with Gasteiger partial charge in [0.2, 0.25) is 0 Å². The average Bonchev–Trinajstić information content (AvgIpc) is 2.28. The minimum absolute atomic E-state index is 0.0747. The summed E-state index contributed by atoms with van der Waals surface area (Å²) >= 11 is 0. The molecular weight excluding hydrogens is 210 g/mol. The van der Waals surface area contributed by atoms with E-state index in [4.69, 9.17) is 9.84 Å². The second-order valence-electron chi connectivity index (χ2n) is 3.53. The summed E-state index contributed by atoms with van der Waals surface area (Å²) in [6.45, 7) is 7.17. The second-order valence-corrected chi connectivity index (χ2v) is 3.53. The third-order valence-electron chi connectivity index (χ3n) is 2.71. The van der Waals surface area contributed by atoms with Gasteiger partial charge < -0.3 is 15.2 Å². The molecule has 0 bridgehead atoms. The fraction of sp³-hybridized carbons (Fsp3) is 0.636. The first-order chi connectivity index (χ1) is 7.52. The molecule has 16 heavy (non-hydrogen) atoms. The number of ether oxygens (including phenoxy) is 1. The number of hydrogen-bond donors (Lipinski definition) is 2. The van der Waals surface area contributed by atoms with E-state index >= 15 is 0 Å². The van der Waals surface area contributed by atoms with Gasteiger partial charge in [-0.15, -0.1) is 0 Å². The highest BCUT2D eigenvalue weighted by Gasteiger charge is 2.35. The topological polar surface area (TPSA) is 75.6 Å². The molecule has 1 amide bonds. The number of amides is 1. The van der Waals surface area contributed by atoms with Crippen LogP contribution in [0.15, 0.2) is 12.7 Å². The molecule has 92 valence electrons. The standard InChI is InChI=1S/C11H19NO4/c1-4-7-16-10(15)12-8-11(5-2,6-3)9(13)14/h4H,1,5-8H2,2-3H3,(H,12,15)(H,13,14). The maximum Gasteiger partial charge on any atom is 0.407 e. The molecule has 0 saturated heterocycles. The number of hydrogen-bond acceptors (Lipinski definition) is 3. The van der Waals surface area contributed by atoms with E-state index in [0.717, 1.165) is 0 Å². The van der Waals surface area contributed by atoms with Crippen LogP contribution in [0.2, 0.25) is 0 Å². The molecule has 0 radical (unpaired) electrons. The van der Waals surface area contributed by atoms with E-state index in [1.165, 1.54) is 6.08 Å². The van der Waals surface area contributed by atoms with Crippen molar-refractivity contribution in [1.82, 2.24) is 5.32 Å². The molecule has 0 saturated carbocycles. The molecule has 0 aliphatic rings. The highest BCUT2D eigenvalue weighted by molar-refractivity contribution is 5.76. The van der Waals surface area contributed by atoms with Gasteiger partial charge in [-0.25, -0.2) is 4.79 Å². The number of carbonyl (C=O) groups is 2. The normalized spacial score (nSPS) is 10.6. The van der Waals surface area contributed by atoms with Gasteiger partial charge in [-0.1, -0.05) is 26.5 Å². The number of carbonyl (C=O) groups excluding carboxylic acids is 1. The van der Waals surface area contributed by atoms with Crippen LogP contribution in [-0.2, 0) is 9.53 Å². The molecule has 0 atom stereocenters. The monoisotopic (exact) mass is 229 g/mol. The van der Waals surface area contributed by atoms with Crippen LogP contribution in [-0.4, -0.2) is 30.3 Å². The summed E-state index contributed by atoms with van der Waals surface area (Å²) in [5.41, 5.74) is -0.910. The zero-order valence-electron chi connectivity index (χ0n) is 9.78. The summed E-state index contributed by atoms with van der Waals surface area (Å²) in [4.78, 5) is 22.2. The molecular formula is C11H19NO4. The quantitative estimate of drug-likeness (QED) is 0.652. The average molecular weight is 229 g/mol. The summed E-state index contributed by atoms with van der Waals surface area (Å²) in [5, 5.41) is 11.6. The largest absolute Gasteiger partial charge is 0.481 e. The number of aliphatic carboxylic acids is 1. The minimum atomic E-state index is -0.910. The van der Waals surface area contributed by atoms with Gasteiger partial charge in [-0.3, -0.25) is 4.79 Å². The summed E-state index contributed by atoms with van der Waals surface area (Å²) in [6.07, 6.45) is 1.75. The Morgan fingerprint density at radius 3 is 2.38 bits per heavy atom. The molecule has 0 aromatic heterocycles. The molecule has 0 fully saturated rings. The van der Waals surface area contributed by atoms with Gasteiger partial charge in [0.25, 0.3) is 0 Å². The van der Waals surface area contributed by atoms with E-state index in [2.05, 4.69) is 11.9 Å². The molecule has 2 N–H and O–H groups in total. The highest BCUT2D eigenvalue weighted by atomic mass is 16.5. The Balaban J connectivity index is 4.27. The third kappa shape index (κ3) is 3.92. The Morgan fingerprint density at radius 1 is 1.44 bits per heavy atom. The van der Waals surface area contributed by atoms with Crippen molar-refractivity contribution in [2.24, 2.45) is 5.41 Å². The molecule has 0 aliphatic heterocycles. The maximum atomic E-state index is 11.1. The first kappa shape index (κ1) is 14.5. The molecule has 0 aromatic rings. The first-order valence-electron chi connectivity index (χ1n) is 5.27. The summed E-state index contributed by atoms with van der Waals surface area (Å²) in [6, 6.07) is 0. The number of alkyl carbamates (subject to hydrolysis) is 1. The van der Waals surface area contributed by atoms with Gasteiger partial charge in [0.15, 0.2) is 0 Å². The molecule has 0 unspecified atom stereocenters. The van der Waals surface area contributed by atoms with Crippen molar-refractivity contribution < 1.29 is 19.4 Å². The van der Waals surface area contributed by atoms with Crippen LogP contribution in [0.1, 0.15) is 26.7 Å². The Kier molecular flexibility index (Phi) is 6.22. The van der Waals surface area contributed by atoms with Gasteiger partial charge >= 0.3 is 12.1 Å². The summed E-state index contributed by atoms with van der Waals surface area (Å²) in [7, 11) is 0. The van der Waals surface area contributed by atoms with Gasteiger partial charge in [0.05, 0.1) is 5.41 Å². The van der Waals surface area contributed by atoms with E-state index in [-0.39, 0.29) is 13.2 Å². The molecule has 0 rings (SSSR count). The lowest BCUT2D eigenvalue weighted by molar-refractivity contribution is -0.149. The molecule has 5 nitrogen and oxygen atoms in total. The van der Waals surface area contributed by atoms with Crippen molar-refractivity contribution in [2.75, 3.05) is 13.2 Å². The second kappa shape index (κ2) is 6.87. The van der Waals surface area contributed by atoms with Crippen molar-refractivity contribution in [3.8, 4) is 0 Å². The van der Waals surface area contributed by atoms with E-state index in [0.29, 0.717) is 12.8 Å². The summed E-state index contributed by atoms with van der Waals surface area (Å²) in [5.74, 6) is -0.901. The van der Waals surface area contributed by atoms with Crippen molar-refractivity contribution in [3.63, 3.8) is 0 Å². The Bertz CT molecular complexity index is 259. The van der Waals surface area contributed by atoms with Crippen LogP contribution < -0.4 is 5.32 Å². The van der Waals surface area contributed by atoms with Crippen LogP contribution in [0, 0.1) is 5.41 Å². The van der Waals surface area contributed by atoms with Crippen molar-refractivity contribution in [2.45, 2.75) is 26.7 Å². The van der Waals surface area contributed by atoms with Crippen LogP contribution in [0.3, 0.4) is 0 Å². The zero-order valence-corrected chi connectivity index (χ0v) is 9.78. The predicted octanol–water partition coefficient (Wildman–Crippen LogP) is 1.79. The molecule has 0 heterocycles. The fourth-order valence-electron chi connectivity index (χ4n) is 1.31. The Hall–Kier alpha value is -1.52. The van der Waals surface area contributed by atoms with Gasteiger partial charge in [-0.05, 0) is 12.8 Å². The van der Waals surface area contributed by atoms with Gasteiger partial charge in [0.1, 0.15) is 6.61 Å². The highest BCUT2D eigenvalue weighted by Crippen LogP contribution is 2.25. The van der Waals surface area contributed by atoms with Crippen molar-refractivity contribution in [3.05, 3.63) is 12.7 Å². The maximum absolute atomic E-state index is 11.1. The smallest absolute Gasteiger partial charge is 0.407 e. The van der Waals surface area contributed by atoms with Gasteiger partial charge in [0, 0.05) is 6.54 Å². The van der Waals surface area contributed by atoms with Crippen LogP contribution in [0.4, 0.5) is 4.79 Å². The lowest BCUT2D eigenvalue weighted by Crippen LogP contribution is -2.42. The number of rotatable bonds is 7. The lowest BCUT2D eigenvalue weighted by atomic mass is 9.82. The van der Waals surface area contributed by atoms with E-state index in [1.54, 1.807) is 13.8 Å². The van der Waals surface area contributed by atoms with Crippen LogP contribution >= 0.6 is 0 Å². The Labute approximate surface area is 95.5 Å². The Morgan fingerprint density at radius 2 is 2.00 bits per heavy atom. The summed E-state index contributed by atoms with van der Waals surface area (Å²) < 4.78 is 4.69. The van der Waals surface area contributed by atoms with Crippen LogP contribution in [0.5, 0.6) is 0 Å². The number of carboxylic acids is 1. The van der Waals surface area contributed by atoms with E-state index in [9.17, 15) is 9.59 Å². The zero-order chi connectivity index (χ0) is 12.6. The predicted molar refractivity (Wildman–Crippen MR) is 60.2 cm³/mol. The minimum Gasteiger partial charge on any atom is -0.481 e. The first-order valence-corrected chi connectivity index (χ1v) is 5.27. The third-order valence-corrected chi connectivity index (χ3v) is 2.71. The van der Waals surface area contributed by atoms with Crippen molar-refractivity contribution in [1.29, 1.82) is 0 Å². The number of carboxylic acid groups (broad SMARTS) is 1. The molecule has 0 spiro atoms. The molecule has 5 heteroatoms. The SMILES string of the molecule is C=CCOC(=O)NCC(CC)(CC)C(=O)O.